The second-order valence-electron chi connectivity index (χ2n) is 2.47. The van der Waals surface area contributed by atoms with Gasteiger partial charge in [-0.3, -0.25) is 4.98 Å². The van der Waals surface area contributed by atoms with Crippen LogP contribution >= 0.6 is 23.4 Å². The van der Waals surface area contributed by atoms with Crippen LogP contribution in [0.1, 0.15) is 13.8 Å². The Morgan fingerprint density at radius 3 is 2.82 bits per heavy atom. The molecule has 0 saturated carbocycles. The smallest absolute Gasteiger partial charge is 0.0572 e. The molecule has 11 heavy (non-hydrogen) atoms. The minimum atomic E-state index is 0.552. The van der Waals surface area contributed by atoms with E-state index >= 15 is 0 Å². The third kappa shape index (κ3) is 2.72. The van der Waals surface area contributed by atoms with E-state index in [9.17, 15) is 0 Å². The van der Waals surface area contributed by atoms with E-state index in [1.54, 1.807) is 24.2 Å². The van der Waals surface area contributed by atoms with Gasteiger partial charge < -0.3 is 0 Å². The summed E-state index contributed by atoms with van der Waals surface area (Å²) in [6.45, 7) is 4.27. The summed E-state index contributed by atoms with van der Waals surface area (Å²) in [5.74, 6) is 0. The van der Waals surface area contributed by atoms with Gasteiger partial charge in [-0.1, -0.05) is 25.4 Å². The van der Waals surface area contributed by atoms with Gasteiger partial charge in [0.1, 0.15) is 0 Å². The molecule has 1 heterocycles. The fourth-order valence-corrected chi connectivity index (χ4v) is 1.75. The van der Waals surface area contributed by atoms with Gasteiger partial charge in [-0.15, -0.1) is 11.8 Å². The van der Waals surface area contributed by atoms with E-state index in [0.29, 0.717) is 5.25 Å². The molecule has 0 fully saturated rings. The first kappa shape index (κ1) is 8.88. The first-order valence-electron chi connectivity index (χ1n) is 3.46. The third-order valence-electron chi connectivity index (χ3n) is 1.10. The van der Waals surface area contributed by atoms with Crippen molar-refractivity contribution in [2.45, 2.75) is 24.0 Å². The lowest BCUT2D eigenvalue weighted by Crippen LogP contribution is -1.86. The number of rotatable bonds is 2. The van der Waals surface area contributed by atoms with E-state index in [-0.39, 0.29) is 0 Å². The average Bonchev–Trinajstić information content (AvgIpc) is 1.93. The fourth-order valence-electron chi connectivity index (χ4n) is 0.704. The molecule has 0 amide bonds. The molecule has 1 rings (SSSR count). The Morgan fingerprint density at radius 2 is 2.27 bits per heavy atom. The largest absolute Gasteiger partial charge is 0.263 e. The lowest BCUT2D eigenvalue weighted by Gasteiger charge is -2.04. The van der Waals surface area contributed by atoms with E-state index < -0.39 is 0 Å². The van der Waals surface area contributed by atoms with Gasteiger partial charge in [0.05, 0.1) is 5.02 Å². The van der Waals surface area contributed by atoms with E-state index in [1.165, 1.54) is 0 Å². The number of hydrogen-bond acceptors (Lipinski definition) is 2. The van der Waals surface area contributed by atoms with Crippen LogP contribution in [0.4, 0.5) is 0 Å². The lowest BCUT2D eigenvalue weighted by molar-refractivity contribution is 1.10. The van der Waals surface area contributed by atoms with Crippen LogP contribution in [0.3, 0.4) is 0 Å². The van der Waals surface area contributed by atoms with Crippen LogP contribution in [0.5, 0.6) is 0 Å². The predicted octanol–water partition coefficient (Wildman–Crippen LogP) is 3.24. The number of hydrogen-bond donors (Lipinski definition) is 0. The average molecular weight is 188 g/mol. The summed E-state index contributed by atoms with van der Waals surface area (Å²) in [4.78, 5) is 5.05. The van der Waals surface area contributed by atoms with Crippen LogP contribution < -0.4 is 0 Å². The van der Waals surface area contributed by atoms with Crippen molar-refractivity contribution in [2.75, 3.05) is 0 Å². The Hall–Kier alpha value is -0.210. The molecule has 3 heteroatoms. The Morgan fingerprint density at radius 1 is 1.55 bits per heavy atom. The van der Waals surface area contributed by atoms with Crippen molar-refractivity contribution in [2.24, 2.45) is 0 Å². The maximum absolute atomic E-state index is 5.91. The van der Waals surface area contributed by atoms with Crippen molar-refractivity contribution in [1.82, 2.24) is 4.98 Å². The fraction of sp³-hybridized carbons (Fsp3) is 0.375. The van der Waals surface area contributed by atoms with Gasteiger partial charge in [-0.2, -0.15) is 0 Å². The Labute approximate surface area is 76.2 Å². The molecule has 0 spiro atoms. The van der Waals surface area contributed by atoms with Gasteiger partial charge in [-0.05, 0) is 6.07 Å². The zero-order valence-corrected chi connectivity index (χ0v) is 8.12. The van der Waals surface area contributed by atoms with E-state index in [4.69, 9.17) is 11.6 Å². The van der Waals surface area contributed by atoms with Crippen LogP contribution in [0.25, 0.3) is 0 Å². The van der Waals surface area contributed by atoms with Crippen LogP contribution in [-0.2, 0) is 0 Å². The van der Waals surface area contributed by atoms with Gasteiger partial charge in [0.2, 0.25) is 0 Å². The van der Waals surface area contributed by atoms with Crippen LogP contribution in [0.2, 0.25) is 5.02 Å². The molecule has 0 radical (unpaired) electrons. The minimum Gasteiger partial charge on any atom is -0.263 e. The molecular formula is C8H10ClNS. The molecule has 0 aliphatic rings. The van der Waals surface area contributed by atoms with Crippen molar-refractivity contribution in [3.05, 3.63) is 23.5 Å². The molecule has 1 aromatic rings. The molecule has 0 bridgehead atoms. The lowest BCUT2D eigenvalue weighted by atomic mass is 10.5. The molecule has 60 valence electrons. The number of aromatic nitrogens is 1. The maximum atomic E-state index is 5.91. The highest BCUT2D eigenvalue weighted by Gasteiger charge is 2.01. The van der Waals surface area contributed by atoms with Crippen LogP contribution in [0.15, 0.2) is 23.4 Å². The predicted molar refractivity (Wildman–Crippen MR) is 50.2 cm³/mol. The summed E-state index contributed by atoms with van der Waals surface area (Å²) >= 11 is 7.64. The summed E-state index contributed by atoms with van der Waals surface area (Å²) in [7, 11) is 0. The van der Waals surface area contributed by atoms with Crippen molar-refractivity contribution in [1.29, 1.82) is 0 Å². The summed E-state index contributed by atoms with van der Waals surface area (Å²) in [5, 5.41) is 1.34. The van der Waals surface area contributed by atoms with Gasteiger partial charge in [0.25, 0.3) is 0 Å². The summed E-state index contributed by atoms with van der Waals surface area (Å²) in [6, 6.07) is 1.81. The minimum absolute atomic E-state index is 0.552. The van der Waals surface area contributed by atoms with Crippen molar-refractivity contribution < 1.29 is 0 Å². The van der Waals surface area contributed by atoms with Gasteiger partial charge in [0, 0.05) is 22.5 Å². The van der Waals surface area contributed by atoms with Gasteiger partial charge in [0.15, 0.2) is 0 Å². The number of thioether (sulfide) groups is 1. The highest BCUT2D eigenvalue weighted by atomic mass is 35.5. The molecule has 0 unspecified atom stereocenters. The molecule has 0 aromatic carbocycles. The maximum Gasteiger partial charge on any atom is 0.0572 e. The molecule has 1 aromatic heterocycles. The Balaban J connectivity index is 2.78. The summed E-state index contributed by atoms with van der Waals surface area (Å²) in [5.41, 5.74) is 0. The Kier molecular flexibility index (Phi) is 3.21. The second-order valence-corrected chi connectivity index (χ2v) is 4.50. The normalized spacial score (nSPS) is 10.5. The third-order valence-corrected chi connectivity index (χ3v) is 2.59. The molecule has 0 saturated heterocycles. The Bertz CT molecular complexity index is 237. The van der Waals surface area contributed by atoms with Crippen LogP contribution in [-0.4, -0.2) is 10.2 Å². The van der Waals surface area contributed by atoms with Crippen molar-refractivity contribution in [3.63, 3.8) is 0 Å². The molecular weight excluding hydrogens is 178 g/mol. The van der Waals surface area contributed by atoms with Crippen molar-refractivity contribution in [3.8, 4) is 0 Å². The van der Waals surface area contributed by atoms with E-state index in [0.717, 1.165) is 9.92 Å². The first-order valence-corrected chi connectivity index (χ1v) is 4.72. The number of nitrogens with zero attached hydrogens (tertiary/aromatic N) is 1. The standard InChI is InChI=1S/C8H10ClNS/c1-6(2)11-8-5-10-4-3-7(8)9/h3-6H,1-2H3. The van der Waals surface area contributed by atoms with Crippen LogP contribution in [0, 0.1) is 0 Å². The van der Waals surface area contributed by atoms with Crippen molar-refractivity contribution >= 4 is 23.4 Å². The molecule has 0 aliphatic carbocycles. The summed E-state index contributed by atoms with van der Waals surface area (Å²) in [6.07, 6.45) is 3.50. The molecule has 0 atom stereocenters. The highest BCUT2D eigenvalue weighted by Crippen LogP contribution is 2.28. The second kappa shape index (κ2) is 3.98. The zero-order chi connectivity index (χ0) is 8.27. The topological polar surface area (TPSA) is 12.9 Å². The highest BCUT2D eigenvalue weighted by molar-refractivity contribution is 8.00. The van der Waals surface area contributed by atoms with Gasteiger partial charge in [-0.25, -0.2) is 0 Å². The zero-order valence-electron chi connectivity index (χ0n) is 6.54. The summed E-state index contributed by atoms with van der Waals surface area (Å²) < 4.78 is 0. The number of halogens is 1. The quantitative estimate of drug-likeness (QED) is 0.660. The SMILES string of the molecule is CC(C)Sc1cnccc1Cl. The molecule has 0 aliphatic heterocycles. The molecule has 1 nitrogen and oxygen atoms in total. The molecule has 0 N–H and O–H groups in total. The first-order chi connectivity index (χ1) is 5.20. The monoisotopic (exact) mass is 187 g/mol. The number of pyridine rings is 1. The van der Waals surface area contributed by atoms with E-state index in [2.05, 4.69) is 18.8 Å². The van der Waals surface area contributed by atoms with E-state index in [1.807, 2.05) is 6.07 Å². The van der Waals surface area contributed by atoms with Gasteiger partial charge >= 0.3 is 0 Å².